The molecule has 6 rings (SSSR count). The molecule has 0 spiro atoms. The summed E-state index contributed by atoms with van der Waals surface area (Å²) in [5, 5.41) is 3.12. The Balaban J connectivity index is 1.07. The molecule has 2 heterocycles. The molecule has 0 bridgehead atoms. The fourth-order valence-corrected chi connectivity index (χ4v) is 7.31. The van der Waals surface area contributed by atoms with Gasteiger partial charge in [-0.3, -0.25) is 9.59 Å². The Kier molecular flexibility index (Phi) is 10.1. The van der Waals surface area contributed by atoms with Crippen molar-refractivity contribution in [2.24, 2.45) is 5.92 Å². The molecule has 0 unspecified atom stereocenters. The van der Waals surface area contributed by atoms with Crippen LogP contribution in [-0.4, -0.2) is 42.9 Å². The summed E-state index contributed by atoms with van der Waals surface area (Å²) in [6.45, 7) is 6.37. The molecule has 1 fully saturated rings. The van der Waals surface area contributed by atoms with Crippen molar-refractivity contribution < 1.29 is 9.59 Å². The third-order valence-electron chi connectivity index (χ3n) is 8.72. The van der Waals surface area contributed by atoms with Crippen molar-refractivity contribution in [1.82, 2.24) is 10.2 Å². The van der Waals surface area contributed by atoms with Gasteiger partial charge in [0.15, 0.2) is 0 Å². The summed E-state index contributed by atoms with van der Waals surface area (Å²) in [6, 6.07) is 34.7. The Morgan fingerprint density at radius 1 is 0.889 bits per heavy atom. The molecule has 1 N–H and O–H groups in total. The number of thioether (sulfide) groups is 1. The van der Waals surface area contributed by atoms with Gasteiger partial charge in [-0.25, -0.2) is 0 Å². The summed E-state index contributed by atoms with van der Waals surface area (Å²) in [5.74, 6) is 0.605. The van der Waals surface area contributed by atoms with E-state index in [9.17, 15) is 9.59 Å². The Hall–Kier alpha value is -4.13. The summed E-state index contributed by atoms with van der Waals surface area (Å²) >= 11 is 1.47. The SMILES string of the molecule is Cc1cccc(CN2C(=O)C(=Cc3ccccc3)Sc3ccc(C(=O)NCCCN4CCC(Cc5ccccc5)CC4)cc32)c1. The minimum atomic E-state index is -0.0991. The van der Waals surface area contributed by atoms with E-state index in [1.807, 2.05) is 71.6 Å². The number of nitrogens with zero attached hydrogens (tertiary/aromatic N) is 2. The lowest BCUT2D eigenvalue weighted by molar-refractivity contribution is -0.114. The van der Waals surface area contributed by atoms with Gasteiger partial charge in [-0.2, -0.15) is 0 Å². The lowest BCUT2D eigenvalue weighted by atomic mass is 9.90. The van der Waals surface area contributed by atoms with Crippen LogP contribution in [0.15, 0.2) is 113 Å². The third-order valence-corrected chi connectivity index (χ3v) is 9.80. The van der Waals surface area contributed by atoms with Gasteiger partial charge in [0.25, 0.3) is 11.8 Å². The number of aryl methyl sites for hydroxylation is 1. The Bertz CT molecular complexity index is 1650. The lowest BCUT2D eigenvalue weighted by Crippen LogP contribution is -2.36. The normalized spacial score (nSPS) is 16.5. The summed E-state index contributed by atoms with van der Waals surface area (Å²) in [5.41, 5.74) is 5.98. The number of hydrogen-bond donors (Lipinski definition) is 1. The number of rotatable bonds is 10. The number of benzene rings is 4. The molecule has 45 heavy (non-hydrogen) atoms. The molecule has 0 atom stereocenters. The topological polar surface area (TPSA) is 52.7 Å². The van der Waals surface area contributed by atoms with E-state index >= 15 is 0 Å². The molecule has 0 aromatic heterocycles. The molecule has 0 radical (unpaired) electrons. The average molecular weight is 616 g/mol. The van der Waals surface area contributed by atoms with Gasteiger partial charge in [0, 0.05) is 17.0 Å². The van der Waals surface area contributed by atoms with Crippen LogP contribution in [0.1, 0.15) is 51.9 Å². The zero-order valence-electron chi connectivity index (χ0n) is 26.0. The van der Waals surface area contributed by atoms with Crippen LogP contribution in [0.4, 0.5) is 5.69 Å². The Morgan fingerprint density at radius 2 is 1.62 bits per heavy atom. The molecule has 1 saturated heterocycles. The van der Waals surface area contributed by atoms with Crippen molar-refractivity contribution in [2.75, 3.05) is 31.1 Å². The quantitative estimate of drug-likeness (QED) is 0.146. The van der Waals surface area contributed by atoms with Gasteiger partial charge in [0.2, 0.25) is 0 Å². The van der Waals surface area contributed by atoms with Crippen molar-refractivity contribution in [3.05, 3.63) is 136 Å². The van der Waals surface area contributed by atoms with Crippen LogP contribution in [0.2, 0.25) is 0 Å². The van der Waals surface area contributed by atoms with Crippen LogP contribution in [0.3, 0.4) is 0 Å². The second-order valence-electron chi connectivity index (χ2n) is 12.2. The smallest absolute Gasteiger partial charge is 0.265 e. The molecule has 230 valence electrons. The van der Waals surface area contributed by atoms with E-state index in [-0.39, 0.29) is 11.8 Å². The van der Waals surface area contributed by atoms with Crippen LogP contribution >= 0.6 is 11.8 Å². The van der Waals surface area contributed by atoms with Crippen molar-refractivity contribution >= 4 is 35.3 Å². The second-order valence-corrected chi connectivity index (χ2v) is 13.3. The first kappa shape index (κ1) is 30.9. The number of carbonyl (C=O) groups is 2. The highest BCUT2D eigenvalue weighted by Crippen LogP contribution is 2.43. The van der Waals surface area contributed by atoms with E-state index in [0.717, 1.165) is 59.2 Å². The summed E-state index contributed by atoms with van der Waals surface area (Å²) < 4.78 is 0. The molecule has 4 aromatic carbocycles. The lowest BCUT2D eigenvalue weighted by Gasteiger charge is -2.32. The van der Waals surface area contributed by atoms with E-state index in [1.54, 1.807) is 0 Å². The minimum Gasteiger partial charge on any atom is -0.352 e. The maximum absolute atomic E-state index is 13.9. The third kappa shape index (κ3) is 8.13. The van der Waals surface area contributed by atoms with E-state index < -0.39 is 0 Å². The van der Waals surface area contributed by atoms with Crippen molar-refractivity contribution in [3.63, 3.8) is 0 Å². The van der Waals surface area contributed by atoms with Gasteiger partial charge in [-0.05, 0) is 99.1 Å². The maximum Gasteiger partial charge on any atom is 0.265 e. The molecule has 0 saturated carbocycles. The fourth-order valence-electron chi connectivity index (χ4n) is 6.27. The van der Waals surface area contributed by atoms with Gasteiger partial charge in [-0.1, -0.05) is 102 Å². The Labute approximate surface area is 271 Å². The van der Waals surface area contributed by atoms with Crippen molar-refractivity contribution in [2.45, 2.75) is 44.0 Å². The highest BCUT2D eigenvalue weighted by molar-refractivity contribution is 8.04. The van der Waals surface area contributed by atoms with Gasteiger partial charge in [0.1, 0.15) is 0 Å². The standard InChI is InChI=1S/C39H41N3O2S/c1-29-10-8-15-33(24-29)28-42-35-27-34(16-17-36(35)45-37(39(42)44)26-31-13-6-3-7-14-31)38(43)40-20-9-21-41-22-18-32(19-23-41)25-30-11-4-2-5-12-30/h2-8,10-17,24,26-27,32H,9,18-23,25,28H2,1H3,(H,40,43). The number of nitrogens with one attached hydrogen (secondary N) is 1. The molecule has 2 amide bonds. The maximum atomic E-state index is 13.9. The van der Waals surface area contributed by atoms with E-state index in [0.29, 0.717) is 23.6 Å². The first-order valence-electron chi connectivity index (χ1n) is 16.0. The zero-order chi connectivity index (χ0) is 31.0. The summed E-state index contributed by atoms with van der Waals surface area (Å²) in [6.07, 6.45) is 6.50. The van der Waals surface area contributed by atoms with Gasteiger partial charge in [0.05, 0.1) is 17.1 Å². The van der Waals surface area contributed by atoms with Crippen LogP contribution in [0.5, 0.6) is 0 Å². The summed E-state index contributed by atoms with van der Waals surface area (Å²) in [4.78, 5) is 33.1. The second kappa shape index (κ2) is 14.8. The van der Waals surface area contributed by atoms with Crippen LogP contribution in [0.25, 0.3) is 6.08 Å². The molecule has 6 heteroatoms. The molecule has 5 nitrogen and oxygen atoms in total. The van der Waals surface area contributed by atoms with E-state index in [1.165, 1.54) is 36.6 Å². The molecule has 4 aromatic rings. The van der Waals surface area contributed by atoms with Crippen LogP contribution < -0.4 is 10.2 Å². The average Bonchev–Trinajstić information content (AvgIpc) is 3.06. The largest absolute Gasteiger partial charge is 0.352 e. The minimum absolute atomic E-state index is 0.0528. The first-order chi connectivity index (χ1) is 22.0. The number of anilines is 1. The molecule has 0 aliphatic carbocycles. The van der Waals surface area contributed by atoms with Gasteiger partial charge >= 0.3 is 0 Å². The predicted octanol–water partition coefficient (Wildman–Crippen LogP) is 7.75. The number of likely N-dealkylation sites (tertiary alicyclic amines) is 1. The number of amides is 2. The highest BCUT2D eigenvalue weighted by Gasteiger charge is 2.30. The molecule has 2 aliphatic rings. The van der Waals surface area contributed by atoms with Gasteiger partial charge < -0.3 is 15.1 Å². The van der Waals surface area contributed by atoms with Crippen molar-refractivity contribution in [1.29, 1.82) is 0 Å². The number of carbonyl (C=O) groups excluding carboxylic acids is 2. The number of fused-ring (bicyclic) bond motifs is 1. The fraction of sp³-hybridized carbons (Fsp3) is 0.282. The number of piperidine rings is 1. The monoisotopic (exact) mass is 615 g/mol. The summed E-state index contributed by atoms with van der Waals surface area (Å²) in [7, 11) is 0. The highest BCUT2D eigenvalue weighted by atomic mass is 32.2. The van der Waals surface area contributed by atoms with Crippen LogP contribution in [-0.2, 0) is 17.8 Å². The zero-order valence-corrected chi connectivity index (χ0v) is 26.8. The Morgan fingerprint density at radius 3 is 2.38 bits per heavy atom. The van der Waals surface area contributed by atoms with Crippen molar-refractivity contribution in [3.8, 4) is 0 Å². The molecule has 2 aliphatic heterocycles. The van der Waals surface area contributed by atoms with E-state index in [2.05, 4.69) is 59.6 Å². The number of hydrogen-bond acceptors (Lipinski definition) is 4. The van der Waals surface area contributed by atoms with Crippen LogP contribution in [0, 0.1) is 12.8 Å². The molecular formula is C39H41N3O2S. The van der Waals surface area contributed by atoms with E-state index in [4.69, 9.17) is 0 Å². The first-order valence-corrected chi connectivity index (χ1v) is 16.8. The predicted molar refractivity (Wildman–Crippen MR) is 185 cm³/mol. The molecular weight excluding hydrogens is 575 g/mol. The van der Waals surface area contributed by atoms with Gasteiger partial charge in [-0.15, -0.1) is 0 Å².